The number of aliphatic hydroxyl groups is 1. The number of fused-ring (bicyclic) bond motifs is 1. The van der Waals surface area contributed by atoms with Crippen molar-refractivity contribution in [1.82, 2.24) is 9.13 Å². The monoisotopic (exact) mass is 380 g/mol. The molecule has 1 aromatic heterocycles. The molecule has 0 aliphatic heterocycles. The molecule has 1 N–H and O–H groups in total. The van der Waals surface area contributed by atoms with Gasteiger partial charge in [-0.05, 0) is 36.5 Å². The zero-order chi connectivity index (χ0) is 18.0. The fourth-order valence-electron chi connectivity index (χ4n) is 2.74. The van der Waals surface area contributed by atoms with Crippen LogP contribution in [0.1, 0.15) is 5.56 Å². The molecule has 0 saturated heterocycles. The number of nitrogens with zero attached hydrogens (tertiary/aromatic N) is 2. The summed E-state index contributed by atoms with van der Waals surface area (Å²) in [5.41, 5.74) is 2.25. The van der Waals surface area contributed by atoms with Gasteiger partial charge < -0.3 is 19.0 Å². The summed E-state index contributed by atoms with van der Waals surface area (Å²) >= 11 is 11.5. The second-order valence-corrected chi connectivity index (χ2v) is 6.65. The highest BCUT2D eigenvalue weighted by Crippen LogP contribution is 2.22. The molecule has 0 aliphatic carbocycles. The van der Waals surface area contributed by atoms with E-state index in [9.17, 15) is 9.50 Å². The highest BCUT2D eigenvalue weighted by molar-refractivity contribution is 7.71. The van der Waals surface area contributed by atoms with Crippen molar-refractivity contribution < 1.29 is 14.2 Å². The Balaban J connectivity index is 1.69. The second-order valence-electron chi connectivity index (χ2n) is 5.85. The average molecular weight is 381 g/mol. The summed E-state index contributed by atoms with van der Waals surface area (Å²) in [5, 5.41) is 10.9. The number of halogens is 2. The second kappa shape index (κ2) is 7.66. The number of aryl methyl sites for hydroxylation is 1. The zero-order valence-corrected chi connectivity index (χ0v) is 15.2. The molecule has 2 aromatic carbocycles. The van der Waals surface area contributed by atoms with Crippen LogP contribution in [0.5, 0.6) is 0 Å². The van der Waals surface area contributed by atoms with E-state index >= 15 is 0 Å². The summed E-state index contributed by atoms with van der Waals surface area (Å²) in [6.45, 7) is 0.456. The lowest BCUT2D eigenvalue weighted by Crippen LogP contribution is -2.22. The number of ether oxygens (including phenoxy) is 1. The normalized spacial score (nSPS) is 12.6. The maximum Gasteiger partial charge on any atom is 0.180 e. The van der Waals surface area contributed by atoms with Crippen molar-refractivity contribution >= 4 is 34.9 Å². The van der Waals surface area contributed by atoms with Gasteiger partial charge in [0.2, 0.25) is 0 Å². The van der Waals surface area contributed by atoms with Crippen LogP contribution in [-0.4, -0.2) is 27.0 Å². The molecule has 7 heteroatoms. The first-order valence-corrected chi connectivity index (χ1v) is 8.60. The summed E-state index contributed by atoms with van der Waals surface area (Å²) in [5.74, 6) is -0.317. The Morgan fingerprint density at radius 2 is 2.00 bits per heavy atom. The molecule has 3 rings (SSSR count). The van der Waals surface area contributed by atoms with Gasteiger partial charge in [0, 0.05) is 17.6 Å². The Bertz CT molecular complexity index is 954. The van der Waals surface area contributed by atoms with Gasteiger partial charge >= 0.3 is 0 Å². The van der Waals surface area contributed by atoms with Crippen LogP contribution in [0.15, 0.2) is 42.5 Å². The lowest BCUT2D eigenvalue weighted by molar-refractivity contribution is 0.0197. The summed E-state index contributed by atoms with van der Waals surface area (Å²) in [7, 11) is 1.87. The van der Waals surface area contributed by atoms with Gasteiger partial charge in [-0.15, -0.1) is 0 Å². The Hall–Kier alpha value is -1.73. The first-order valence-electron chi connectivity index (χ1n) is 7.81. The molecular formula is C18H18ClFN2O2S. The predicted octanol–water partition coefficient (Wildman–Crippen LogP) is 4.08. The Morgan fingerprint density at radius 3 is 2.76 bits per heavy atom. The summed E-state index contributed by atoms with van der Waals surface area (Å²) in [6.07, 6.45) is -0.775. The van der Waals surface area contributed by atoms with Crippen LogP contribution >= 0.6 is 23.8 Å². The number of hydrogen-bond donors (Lipinski definition) is 1. The van der Waals surface area contributed by atoms with Crippen molar-refractivity contribution in [3.63, 3.8) is 0 Å². The van der Waals surface area contributed by atoms with Crippen LogP contribution in [0.3, 0.4) is 0 Å². The van der Waals surface area contributed by atoms with Crippen molar-refractivity contribution in [2.75, 3.05) is 6.61 Å². The third kappa shape index (κ3) is 3.93. The number of aliphatic hydroxyl groups excluding tert-OH is 1. The van der Waals surface area contributed by atoms with Crippen LogP contribution in [0.4, 0.5) is 4.39 Å². The first kappa shape index (κ1) is 18.1. The lowest BCUT2D eigenvalue weighted by Gasteiger charge is -2.13. The molecule has 1 unspecified atom stereocenters. The van der Waals surface area contributed by atoms with E-state index in [1.807, 2.05) is 28.3 Å². The molecule has 4 nitrogen and oxygen atoms in total. The minimum Gasteiger partial charge on any atom is -0.389 e. The quantitative estimate of drug-likeness (QED) is 0.655. The Labute approximate surface area is 155 Å². The van der Waals surface area contributed by atoms with Crippen LogP contribution in [0, 0.1) is 10.6 Å². The highest BCUT2D eigenvalue weighted by Gasteiger charge is 2.13. The molecule has 0 radical (unpaired) electrons. The van der Waals surface area contributed by atoms with E-state index in [1.54, 1.807) is 24.3 Å². The van der Waals surface area contributed by atoms with Crippen LogP contribution in [0.2, 0.25) is 5.02 Å². The Kier molecular flexibility index (Phi) is 5.54. The summed E-state index contributed by atoms with van der Waals surface area (Å²) < 4.78 is 23.3. The molecule has 0 spiro atoms. The van der Waals surface area contributed by atoms with E-state index in [1.165, 1.54) is 6.07 Å². The number of hydrogen-bond acceptors (Lipinski definition) is 3. The molecule has 0 aliphatic rings. The molecule has 0 saturated carbocycles. The maximum absolute atomic E-state index is 13.6. The van der Waals surface area contributed by atoms with Crippen LogP contribution in [-0.2, 0) is 24.9 Å². The van der Waals surface area contributed by atoms with E-state index < -0.39 is 6.10 Å². The van der Waals surface area contributed by atoms with E-state index in [0.29, 0.717) is 15.4 Å². The van der Waals surface area contributed by atoms with Gasteiger partial charge in [-0.25, -0.2) is 4.39 Å². The fourth-order valence-corrected chi connectivity index (χ4v) is 3.18. The molecular weight excluding hydrogens is 363 g/mol. The molecule has 1 heterocycles. The minimum absolute atomic E-state index is 0.0764. The average Bonchev–Trinajstić information content (AvgIpc) is 2.81. The smallest absolute Gasteiger partial charge is 0.180 e. The van der Waals surface area contributed by atoms with Gasteiger partial charge in [-0.3, -0.25) is 0 Å². The predicted molar refractivity (Wildman–Crippen MR) is 98.8 cm³/mol. The molecule has 1 atom stereocenters. The van der Waals surface area contributed by atoms with Gasteiger partial charge in [-0.2, -0.15) is 0 Å². The Morgan fingerprint density at radius 1 is 1.24 bits per heavy atom. The van der Waals surface area contributed by atoms with Gasteiger partial charge in [0.15, 0.2) is 4.77 Å². The van der Waals surface area contributed by atoms with Gasteiger partial charge in [0.05, 0.1) is 36.9 Å². The summed E-state index contributed by atoms with van der Waals surface area (Å²) in [6, 6.07) is 11.9. The number of imidazole rings is 1. The van der Waals surface area contributed by atoms with Gasteiger partial charge in [0.25, 0.3) is 0 Å². The molecule has 0 amide bonds. The number of rotatable bonds is 6. The van der Waals surface area contributed by atoms with Crippen molar-refractivity contribution in [3.8, 4) is 0 Å². The van der Waals surface area contributed by atoms with E-state index in [2.05, 4.69) is 0 Å². The molecule has 132 valence electrons. The number of benzene rings is 2. The fraction of sp³-hybridized carbons (Fsp3) is 0.278. The molecule has 0 bridgehead atoms. The highest BCUT2D eigenvalue weighted by atomic mass is 35.5. The lowest BCUT2D eigenvalue weighted by atomic mass is 10.2. The van der Waals surface area contributed by atoms with Gasteiger partial charge in [0.1, 0.15) is 5.82 Å². The molecule has 0 fully saturated rings. The van der Waals surface area contributed by atoms with Crippen molar-refractivity contribution in [1.29, 1.82) is 0 Å². The van der Waals surface area contributed by atoms with Crippen LogP contribution < -0.4 is 0 Å². The molecule has 25 heavy (non-hydrogen) atoms. The van der Waals surface area contributed by atoms with Crippen molar-refractivity contribution in [2.24, 2.45) is 7.05 Å². The topological polar surface area (TPSA) is 39.3 Å². The van der Waals surface area contributed by atoms with Gasteiger partial charge in [-0.1, -0.05) is 29.8 Å². The third-order valence-corrected chi connectivity index (χ3v) is 4.76. The number of aromatic nitrogens is 2. The zero-order valence-electron chi connectivity index (χ0n) is 13.7. The molecule has 3 aromatic rings. The van der Waals surface area contributed by atoms with Crippen molar-refractivity contribution in [3.05, 3.63) is 63.6 Å². The van der Waals surface area contributed by atoms with Crippen LogP contribution in [0.25, 0.3) is 11.0 Å². The van der Waals surface area contributed by atoms with Crippen molar-refractivity contribution in [2.45, 2.75) is 19.3 Å². The standard InChI is InChI=1S/C18H18ClFN2O2S/c1-21-16-7-6-13(19)8-17(16)22(18(21)25)9-14(23)11-24-10-12-4-2-3-5-15(12)20/h2-8,14,23H,9-11H2,1H3. The largest absolute Gasteiger partial charge is 0.389 e. The maximum atomic E-state index is 13.6. The first-order chi connectivity index (χ1) is 12.0. The summed E-state index contributed by atoms with van der Waals surface area (Å²) in [4.78, 5) is 0. The SMILES string of the molecule is Cn1c(=S)n(CC(O)COCc2ccccc2F)c2cc(Cl)ccc21. The van der Waals surface area contributed by atoms with E-state index in [0.717, 1.165) is 11.0 Å². The minimum atomic E-state index is -0.775. The van der Waals surface area contributed by atoms with E-state index in [4.69, 9.17) is 28.6 Å². The van der Waals surface area contributed by atoms with E-state index in [-0.39, 0.29) is 25.6 Å². The third-order valence-electron chi connectivity index (χ3n) is 4.03.